The number of aromatic nitrogens is 2. The second-order valence-electron chi connectivity index (χ2n) is 8.74. The van der Waals surface area contributed by atoms with Gasteiger partial charge >= 0.3 is 0 Å². The Labute approximate surface area is 175 Å². The predicted octanol–water partition coefficient (Wildman–Crippen LogP) is 1.98. The van der Waals surface area contributed by atoms with E-state index in [-0.39, 0.29) is 17.9 Å². The SMILES string of the molecule is Cc1ccc(N2C[C@]34C=C[C@H](O3)C(C(=O)N(C)Cc3nccn3C)C4C2=O)cc1C. The fourth-order valence-electron chi connectivity index (χ4n) is 4.99. The molecule has 4 atom stereocenters. The minimum atomic E-state index is -0.717. The highest BCUT2D eigenvalue weighted by molar-refractivity contribution is 6.03. The van der Waals surface area contributed by atoms with Crippen LogP contribution in [0.5, 0.6) is 0 Å². The Hall–Kier alpha value is -2.93. The van der Waals surface area contributed by atoms with Crippen LogP contribution in [0.3, 0.4) is 0 Å². The van der Waals surface area contributed by atoms with Crippen molar-refractivity contribution in [2.75, 3.05) is 18.5 Å². The van der Waals surface area contributed by atoms with Crippen LogP contribution in [0.1, 0.15) is 17.0 Å². The molecule has 30 heavy (non-hydrogen) atoms. The summed E-state index contributed by atoms with van der Waals surface area (Å²) in [5.74, 6) is -0.312. The summed E-state index contributed by atoms with van der Waals surface area (Å²) in [7, 11) is 3.67. The van der Waals surface area contributed by atoms with Gasteiger partial charge in [0.2, 0.25) is 11.8 Å². The first-order chi connectivity index (χ1) is 14.3. The van der Waals surface area contributed by atoms with Crippen molar-refractivity contribution in [1.82, 2.24) is 14.5 Å². The fraction of sp³-hybridized carbons (Fsp3) is 0.435. The van der Waals surface area contributed by atoms with Crippen LogP contribution in [0.2, 0.25) is 0 Å². The zero-order valence-corrected chi connectivity index (χ0v) is 17.7. The fourth-order valence-corrected chi connectivity index (χ4v) is 4.99. The molecule has 1 aromatic heterocycles. The topological polar surface area (TPSA) is 67.7 Å². The molecular weight excluding hydrogens is 380 g/mol. The lowest BCUT2D eigenvalue weighted by molar-refractivity contribution is -0.139. The van der Waals surface area contributed by atoms with E-state index in [0.717, 1.165) is 17.1 Å². The molecule has 2 saturated heterocycles. The smallest absolute Gasteiger partial charge is 0.234 e. The van der Waals surface area contributed by atoms with Crippen molar-refractivity contribution >= 4 is 17.5 Å². The van der Waals surface area contributed by atoms with Crippen molar-refractivity contribution in [2.24, 2.45) is 18.9 Å². The van der Waals surface area contributed by atoms with Gasteiger partial charge in [0.25, 0.3) is 0 Å². The van der Waals surface area contributed by atoms with Crippen LogP contribution in [-0.2, 0) is 27.9 Å². The minimum absolute atomic E-state index is 0.0335. The van der Waals surface area contributed by atoms with Gasteiger partial charge in [-0.15, -0.1) is 0 Å². The van der Waals surface area contributed by atoms with Crippen molar-refractivity contribution in [3.8, 4) is 0 Å². The quantitative estimate of drug-likeness (QED) is 0.729. The number of amides is 2. The van der Waals surface area contributed by atoms with Gasteiger partial charge in [0.1, 0.15) is 11.4 Å². The Kier molecular flexibility index (Phi) is 4.15. The van der Waals surface area contributed by atoms with Crippen molar-refractivity contribution in [2.45, 2.75) is 32.1 Å². The molecular formula is C23H26N4O3. The molecule has 156 valence electrons. The third-order valence-electron chi connectivity index (χ3n) is 6.86. The van der Waals surface area contributed by atoms with E-state index in [4.69, 9.17) is 4.74 Å². The Morgan fingerprint density at radius 1 is 1.33 bits per heavy atom. The molecule has 1 spiro atoms. The molecule has 0 saturated carbocycles. The highest BCUT2D eigenvalue weighted by Gasteiger charge is 2.67. The lowest BCUT2D eigenvalue weighted by Gasteiger charge is -2.27. The molecule has 4 heterocycles. The number of anilines is 1. The van der Waals surface area contributed by atoms with Gasteiger partial charge in [0.05, 0.1) is 31.0 Å². The molecule has 3 aliphatic rings. The van der Waals surface area contributed by atoms with Gasteiger partial charge in [-0.2, -0.15) is 0 Å². The summed E-state index contributed by atoms with van der Waals surface area (Å²) in [6, 6.07) is 6.03. The van der Waals surface area contributed by atoms with E-state index in [1.807, 2.05) is 55.1 Å². The van der Waals surface area contributed by atoms with Gasteiger partial charge in [-0.25, -0.2) is 4.98 Å². The molecule has 2 aromatic rings. The van der Waals surface area contributed by atoms with Gasteiger partial charge in [-0.3, -0.25) is 9.59 Å². The molecule has 7 nitrogen and oxygen atoms in total. The van der Waals surface area contributed by atoms with E-state index < -0.39 is 17.4 Å². The standard InChI is InChI=1S/C23H26N4O3/c1-14-5-6-16(11-15(14)2)27-13-23-8-7-17(30-23)19(20(23)22(27)29)21(28)26(4)12-18-24-9-10-25(18)3/h5-11,17,19-20H,12-13H2,1-4H3/t17-,19?,20?,23-/m0/s1. The van der Waals surface area contributed by atoms with Crippen molar-refractivity contribution in [3.63, 3.8) is 0 Å². The maximum Gasteiger partial charge on any atom is 0.234 e. The third kappa shape index (κ3) is 2.65. The van der Waals surface area contributed by atoms with Gasteiger partial charge in [-0.1, -0.05) is 18.2 Å². The number of rotatable bonds is 4. The lowest BCUT2D eigenvalue weighted by Crippen LogP contribution is -2.44. The van der Waals surface area contributed by atoms with E-state index >= 15 is 0 Å². The molecule has 0 aliphatic carbocycles. The Balaban J connectivity index is 1.43. The van der Waals surface area contributed by atoms with Crippen LogP contribution in [0.15, 0.2) is 42.7 Å². The van der Waals surface area contributed by atoms with Gasteiger partial charge in [0.15, 0.2) is 0 Å². The van der Waals surface area contributed by atoms with E-state index in [1.165, 1.54) is 5.56 Å². The highest BCUT2D eigenvalue weighted by atomic mass is 16.5. The lowest BCUT2D eigenvalue weighted by atomic mass is 9.76. The molecule has 0 N–H and O–H groups in total. The summed E-state index contributed by atoms with van der Waals surface area (Å²) in [6.07, 6.45) is 7.16. The van der Waals surface area contributed by atoms with Crippen LogP contribution in [0, 0.1) is 25.7 Å². The first kappa shape index (κ1) is 19.1. The largest absolute Gasteiger partial charge is 0.360 e. The number of hydrogen-bond donors (Lipinski definition) is 0. The molecule has 5 rings (SSSR count). The molecule has 2 bridgehead atoms. The second kappa shape index (κ2) is 6.54. The number of hydrogen-bond acceptors (Lipinski definition) is 4. The molecule has 7 heteroatoms. The molecule has 3 aliphatic heterocycles. The first-order valence-corrected chi connectivity index (χ1v) is 10.3. The summed E-state index contributed by atoms with van der Waals surface area (Å²) in [6.45, 7) is 4.93. The average molecular weight is 406 g/mol. The van der Waals surface area contributed by atoms with Crippen molar-refractivity contribution in [1.29, 1.82) is 0 Å². The highest BCUT2D eigenvalue weighted by Crippen LogP contribution is 2.53. The van der Waals surface area contributed by atoms with Gasteiger partial charge in [-0.05, 0) is 37.1 Å². The van der Waals surface area contributed by atoms with E-state index in [1.54, 1.807) is 23.0 Å². The van der Waals surface area contributed by atoms with Gasteiger partial charge < -0.3 is 19.1 Å². The average Bonchev–Trinajstić information content (AvgIpc) is 3.46. The maximum absolute atomic E-state index is 13.5. The predicted molar refractivity (Wildman–Crippen MR) is 112 cm³/mol. The number of carbonyl (C=O) groups is 2. The molecule has 2 amide bonds. The summed E-state index contributed by atoms with van der Waals surface area (Å²) < 4.78 is 8.15. The summed E-state index contributed by atoms with van der Waals surface area (Å²) >= 11 is 0. The van der Waals surface area contributed by atoms with Crippen LogP contribution in [0.25, 0.3) is 0 Å². The summed E-state index contributed by atoms with van der Waals surface area (Å²) in [4.78, 5) is 34.7. The van der Waals surface area contributed by atoms with Crippen LogP contribution >= 0.6 is 0 Å². The number of benzene rings is 1. The van der Waals surface area contributed by atoms with Crippen LogP contribution in [0.4, 0.5) is 5.69 Å². The molecule has 1 aromatic carbocycles. The number of imidazole rings is 1. The zero-order chi connectivity index (χ0) is 21.2. The molecule has 2 unspecified atom stereocenters. The third-order valence-corrected chi connectivity index (χ3v) is 6.86. The Bertz CT molecular complexity index is 1070. The van der Waals surface area contributed by atoms with E-state index in [2.05, 4.69) is 11.9 Å². The second-order valence-corrected chi connectivity index (χ2v) is 8.74. The molecule has 2 fully saturated rings. The van der Waals surface area contributed by atoms with Crippen LogP contribution < -0.4 is 4.90 Å². The maximum atomic E-state index is 13.5. The normalized spacial score (nSPS) is 29.0. The Morgan fingerprint density at radius 3 is 2.83 bits per heavy atom. The number of ether oxygens (including phenoxy) is 1. The van der Waals surface area contributed by atoms with Gasteiger partial charge in [0, 0.05) is 32.2 Å². The zero-order valence-electron chi connectivity index (χ0n) is 17.7. The van der Waals surface area contributed by atoms with E-state index in [9.17, 15) is 9.59 Å². The number of carbonyl (C=O) groups excluding carboxylic acids is 2. The number of fused-ring (bicyclic) bond motifs is 1. The van der Waals surface area contributed by atoms with Crippen molar-refractivity contribution in [3.05, 3.63) is 59.7 Å². The Morgan fingerprint density at radius 2 is 2.13 bits per heavy atom. The monoisotopic (exact) mass is 406 g/mol. The minimum Gasteiger partial charge on any atom is -0.360 e. The number of nitrogens with zero attached hydrogens (tertiary/aromatic N) is 4. The summed E-state index contributed by atoms with van der Waals surface area (Å²) in [5, 5.41) is 0. The van der Waals surface area contributed by atoms with Crippen LogP contribution in [-0.4, -0.2) is 51.6 Å². The molecule has 0 radical (unpaired) electrons. The van der Waals surface area contributed by atoms with E-state index in [0.29, 0.717) is 13.1 Å². The summed E-state index contributed by atoms with van der Waals surface area (Å²) in [5.41, 5.74) is 2.47. The number of aryl methyl sites for hydroxylation is 3. The first-order valence-electron chi connectivity index (χ1n) is 10.3. The van der Waals surface area contributed by atoms with Crippen molar-refractivity contribution < 1.29 is 14.3 Å².